The lowest BCUT2D eigenvalue weighted by molar-refractivity contribution is -0.127. The molecule has 0 spiro atoms. The Bertz CT molecular complexity index is 617. The molecule has 0 aromatic heterocycles. The number of piperidine rings is 1. The molecule has 2 fully saturated rings. The first-order chi connectivity index (χ1) is 11.0. The van der Waals surface area contributed by atoms with E-state index in [1.807, 2.05) is 0 Å². The average Bonchev–Trinajstić information content (AvgIpc) is 2.90. The largest absolute Gasteiger partial charge is 0.353 e. The SMILES string of the molecule is O=C(NC1CCNCC1)C1CC(=O)N(c2ccc(F)cc2F)C1. The fraction of sp³-hybridized carbons (Fsp3) is 0.500. The number of anilines is 1. The van der Waals surface area contributed by atoms with Crippen molar-refractivity contribution >= 4 is 17.5 Å². The lowest BCUT2D eigenvalue weighted by Crippen LogP contribution is -2.45. The van der Waals surface area contributed by atoms with Gasteiger partial charge in [0.25, 0.3) is 0 Å². The van der Waals surface area contributed by atoms with E-state index in [4.69, 9.17) is 0 Å². The van der Waals surface area contributed by atoms with Gasteiger partial charge in [0.05, 0.1) is 11.6 Å². The monoisotopic (exact) mass is 323 g/mol. The Morgan fingerprint density at radius 3 is 2.70 bits per heavy atom. The maximum atomic E-state index is 13.8. The zero-order chi connectivity index (χ0) is 16.4. The van der Waals surface area contributed by atoms with Crippen LogP contribution in [-0.2, 0) is 9.59 Å². The summed E-state index contributed by atoms with van der Waals surface area (Å²) in [6.07, 6.45) is 1.78. The molecular formula is C16H19F2N3O2. The molecule has 2 N–H and O–H groups in total. The van der Waals surface area contributed by atoms with Crippen LogP contribution in [0.25, 0.3) is 0 Å². The van der Waals surface area contributed by atoms with Crippen molar-refractivity contribution in [3.8, 4) is 0 Å². The molecule has 1 atom stereocenters. The topological polar surface area (TPSA) is 61.4 Å². The molecular weight excluding hydrogens is 304 g/mol. The highest BCUT2D eigenvalue weighted by atomic mass is 19.1. The van der Waals surface area contributed by atoms with Crippen molar-refractivity contribution in [2.75, 3.05) is 24.5 Å². The van der Waals surface area contributed by atoms with Crippen LogP contribution in [0.4, 0.5) is 14.5 Å². The van der Waals surface area contributed by atoms with Crippen LogP contribution in [0.15, 0.2) is 18.2 Å². The van der Waals surface area contributed by atoms with Gasteiger partial charge in [-0.1, -0.05) is 0 Å². The number of benzene rings is 1. The van der Waals surface area contributed by atoms with Crippen LogP contribution in [0.3, 0.4) is 0 Å². The number of hydrogen-bond acceptors (Lipinski definition) is 3. The van der Waals surface area contributed by atoms with E-state index in [1.54, 1.807) is 0 Å². The lowest BCUT2D eigenvalue weighted by Gasteiger charge is -2.25. The van der Waals surface area contributed by atoms with Crippen molar-refractivity contribution < 1.29 is 18.4 Å². The Labute approximate surface area is 133 Å². The molecule has 2 heterocycles. The summed E-state index contributed by atoms with van der Waals surface area (Å²) in [5, 5.41) is 6.18. The molecule has 0 radical (unpaired) electrons. The highest BCUT2D eigenvalue weighted by Crippen LogP contribution is 2.28. The minimum Gasteiger partial charge on any atom is -0.353 e. The van der Waals surface area contributed by atoms with Gasteiger partial charge in [0.2, 0.25) is 11.8 Å². The second kappa shape index (κ2) is 6.62. The minimum absolute atomic E-state index is 0.0218. The molecule has 1 unspecified atom stereocenters. The van der Waals surface area contributed by atoms with E-state index in [-0.39, 0.29) is 36.5 Å². The third-order valence-electron chi connectivity index (χ3n) is 4.38. The maximum absolute atomic E-state index is 13.8. The molecule has 0 aliphatic carbocycles. The van der Waals surface area contributed by atoms with Gasteiger partial charge in [-0.25, -0.2) is 8.78 Å². The van der Waals surface area contributed by atoms with Gasteiger partial charge < -0.3 is 15.5 Å². The van der Waals surface area contributed by atoms with Crippen molar-refractivity contribution in [3.05, 3.63) is 29.8 Å². The van der Waals surface area contributed by atoms with Crippen molar-refractivity contribution in [3.63, 3.8) is 0 Å². The van der Waals surface area contributed by atoms with Gasteiger partial charge in [-0.3, -0.25) is 9.59 Å². The zero-order valence-electron chi connectivity index (χ0n) is 12.6. The molecule has 7 heteroatoms. The predicted octanol–water partition coefficient (Wildman–Crippen LogP) is 1.19. The quantitative estimate of drug-likeness (QED) is 0.878. The van der Waals surface area contributed by atoms with Gasteiger partial charge in [0.15, 0.2) is 0 Å². The fourth-order valence-electron chi connectivity index (χ4n) is 3.10. The summed E-state index contributed by atoms with van der Waals surface area (Å²) in [6.45, 7) is 1.85. The molecule has 3 rings (SSSR count). The van der Waals surface area contributed by atoms with Crippen LogP contribution in [0.1, 0.15) is 19.3 Å². The highest BCUT2D eigenvalue weighted by molar-refractivity contribution is 6.00. The van der Waals surface area contributed by atoms with Crippen LogP contribution in [-0.4, -0.2) is 37.5 Å². The van der Waals surface area contributed by atoms with Crippen molar-refractivity contribution in [2.45, 2.75) is 25.3 Å². The van der Waals surface area contributed by atoms with Crippen molar-refractivity contribution in [1.29, 1.82) is 0 Å². The van der Waals surface area contributed by atoms with Gasteiger partial charge in [0.1, 0.15) is 11.6 Å². The van der Waals surface area contributed by atoms with E-state index in [0.29, 0.717) is 0 Å². The summed E-state index contributed by atoms with van der Waals surface area (Å²) in [7, 11) is 0. The molecule has 124 valence electrons. The zero-order valence-corrected chi connectivity index (χ0v) is 12.6. The van der Waals surface area contributed by atoms with E-state index in [2.05, 4.69) is 10.6 Å². The number of halogens is 2. The maximum Gasteiger partial charge on any atom is 0.227 e. The third-order valence-corrected chi connectivity index (χ3v) is 4.38. The Balaban J connectivity index is 1.65. The first-order valence-corrected chi connectivity index (χ1v) is 7.81. The number of carbonyl (C=O) groups is 2. The van der Waals surface area contributed by atoms with E-state index in [1.165, 1.54) is 11.0 Å². The molecule has 0 saturated carbocycles. The number of nitrogens with one attached hydrogen (secondary N) is 2. The smallest absolute Gasteiger partial charge is 0.227 e. The molecule has 2 saturated heterocycles. The number of carbonyl (C=O) groups excluding carboxylic acids is 2. The third kappa shape index (κ3) is 3.50. The normalized spacial score (nSPS) is 22.4. The summed E-state index contributed by atoms with van der Waals surface area (Å²) >= 11 is 0. The molecule has 23 heavy (non-hydrogen) atoms. The lowest BCUT2D eigenvalue weighted by atomic mass is 10.0. The Morgan fingerprint density at radius 1 is 1.26 bits per heavy atom. The minimum atomic E-state index is -0.794. The summed E-state index contributed by atoms with van der Waals surface area (Å²) in [6, 6.07) is 3.20. The number of amides is 2. The van der Waals surface area contributed by atoms with Crippen LogP contribution in [0, 0.1) is 17.6 Å². The van der Waals surface area contributed by atoms with Crippen LogP contribution < -0.4 is 15.5 Å². The molecule has 2 aliphatic rings. The van der Waals surface area contributed by atoms with Crippen LogP contribution >= 0.6 is 0 Å². The highest BCUT2D eigenvalue weighted by Gasteiger charge is 2.36. The second-order valence-electron chi connectivity index (χ2n) is 6.03. The molecule has 0 bridgehead atoms. The Morgan fingerprint density at radius 2 is 2.00 bits per heavy atom. The summed E-state index contributed by atoms with van der Waals surface area (Å²) in [4.78, 5) is 25.6. The second-order valence-corrected chi connectivity index (χ2v) is 6.03. The summed E-state index contributed by atoms with van der Waals surface area (Å²) < 4.78 is 26.8. The number of hydrogen-bond donors (Lipinski definition) is 2. The van der Waals surface area contributed by atoms with Gasteiger partial charge in [-0.05, 0) is 38.1 Å². The number of rotatable bonds is 3. The average molecular weight is 323 g/mol. The number of nitrogens with zero attached hydrogens (tertiary/aromatic N) is 1. The predicted molar refractivity (Wildman–Crippen MR) is 80.9 cm³/mol. The van der Waals surface area contributed by atoms with Gasteiger partial charge in [0, 0.05) is 25.1 Å². The summed E-state index contributed by atoms with van der Waals surface area (Å²) in [5.74, 6) is -2.48. The standard InChI is InChI=1S/C16H19F2N3O2/c17-11-1-2-14(13(18)8-11)21-9-10(7-15(21)22)16(23)20-12-3-5-19-6-4-12/h1-2,8,10,12,19H,3-7,9H2,(H,20,23). The van der Waals surface area contributed by atoms with E-state index in [0.717, 1.165) is 38.1 Å². The van der Waals surface area contributed by atoms with Gasteiger partial charge in [-0.15, -0.1) is 0 Å². The van der Waals surface area contributed by atoms with Gasteiger partial charge in [-0.2, -0.15) is 0 Å². The first kappa shape index (κ1) is 15.9. The first-order valence-electron chi connectivity index (χ1n) is 7.81. The van der Waals surface area contributed by atoms with Gasteiger partial charge >= 0.3 is 0 Å². The van der Waals surface area contributed by atoms with E-state index >= 15 is 0 Å². The van der Waals surface area contributed by atoms with Crippen molar-refractivity contribution in [1.82, 2.24) is 10.6 Å². The molecule has 5 nitrogen and oxygen atoms in total. The van der Waals surface area contributed by atoms with Crippen LogP contribution in [0.2, 0.25) is 0 Å². The molecule has 2 amide bonds. The van der Waals surface area contributed by atoms with E-state index < -0.39 is 17.6 Å². The summed E-state index contributed by atoms with van der Waals surface area (Å²) in [5.41, 5.74) is 0.0218. The molecule has 1 aromatic carbocycles. The molecule has 1 aromatic rings. The van der Waals surface area contributed by atoms with Crippen molar-refractivity contribution in [2.24, 2.45) is 5.92 Å². The van der Waals surface area contributed by atoms with Crippen LogP contribution in [0.5, 0.6) is 0 Å². The van der Waals surface area contributed by atoms with E-state index in [9.17, 15) is 18.4 Å². The Hall–Kier alpha value is -2.02. The fourth-order valence-corrected chi connectivity index (χ4v) is 3.10. The molecule has 2 aliphatic heterocycles. The Kier molecular flexibility index (Phi) is 4.56.